The van der Waals surface area contributed by atoms with E-state index in [4.69, 9.17) is 15.0 Å². The van der Waals surface area contributed by atoms with E-state index >= 15 is 0 Å². The smallest absolute Gasteiger partial charge is 0.340 e. The third-order valence-electron chi connectivity index (χ3n) is 2.35. The highest BCUT2D eigenvalue weighted by Crippen LogP contribution is 2.38. The molecule has 106 valence electrons. The number of benzene rings is 1. The Kier molecular flexibility index (Phi) is 5.89. The summed E-state index contributed by atoms with van der Waals surface area (Å²) in [5, 5.41) is 3.30. The molecule has 0 saturated carbocycles. The molecule has 0 aliphatic rings. The molecule has 0 aromatic heterocycles. The lowest BCUT2D eigenvalue weighted by molar-refractivity contribution is -0.136. The van der Waals surface area contributed by atoms with E-state index in [9.17, 15) is 4.79 Å². The molecular formula is C12H12BrN3O4. The number of halogens is 1. The van der Waals surface area contributed by atoms with Crippen LogP contribution in [0.4, 0.5) is 0 Å². The van der Waals surface area contributed by atoms with Crippen LogP contribution in [0.3, 0.4) is 0 Å². The molecule has 0 unspecified atom stereocenters. The lowest BCUT2D eigenvalue weighted by atomic mass is 10.1. The fourth-order valence-corrected chi connectivity index (χ4v) is 2.05. The predicted octanol–water partition coefficient (Wildman–Crippen LogP) is 3.29. The normalized spacial score (nSPS) is 10.5. The van der Waals surface area contributed by atoms with Crippen LogP contribution in [0.5, 0.6) is 11.5 Å². The minimum atomic E-state index is -0.732. The number of esters is 1. The van der Waals surface area contributed by atoms with Gasteiger partial charge in [-0.25, -0.2) is 4.79 Å². The highest BCUT2D eigenvalue weighted by Gasteiger charge is 2.14. The number of hydrogen-bond acceptors (Lipinski definition) is 5. The Bertz CT molecular complexity index is 595. The maximum absolute atomic E-state index is 11.5. The largest absolute Gasteiger partial charge is 0.493 e. The van der Waals surface area contributed by atoms with Crippen LogP contribution in [0.2, 0.25) is 0 Å². The molecule has 20 heavy (non-hydrogen) atoms. The maximum Gasteiger partial charge on any atom is 0.340 e. The summed E-state index contributed by atoms with van der Waals surface area (Å²) >= 11 is 3.35. The van der Waals surface area contributed by atoms with Gasteiger partial charge in [-0.15, -0.1) is 0 Å². The topological polar surface area (TPSA) is 93.5 Å². The van der Waals surface area contributed by atoms with E-state index in [0.717, 1.165) is 0 Å². The molecular weight excluding hydrogens is 330 g/mol. The van der Waals surface area contributed by atoms with Gasteiger partial charge in [0.15, 0.2) is 11.5 Å². The quantitative estimate of drug-likeness (QED) is 0.270. The number of azide groups is 1. The molecule has 0 radical (unpaired) electrons. The molecule has 0 aliphatic carbocycles. The molecule has 1 aromatic rings. The number of carbonyl (C=O) groups is 1. The van der Waals surface area contributed by atoms with Crippen LogP contribution in [0.25, 0.3) is 16.5 Å². The number of ether oxygens (including phenoxy) is 3. The Hall–Kier alpha value is -2.18. The van der Waals surface area contributed by atoms with Gasteiger partial charge in [-0.05, 0) is 45.2 Å². The number of hydrogen-bond donors (Lipinski definition) is 0. The van der Waals surface area contributed by atoms with E-state index < -0.39 is 5.97 Å². The summed E-state index contributed by atoms with van der Waals surface area (Å²) < 4.78 is 15.5. The van der Waals surface area contributed by atoms with E-state index in [1.165, 1.54) is 27.4 Å². The van der Waals surface area contributed by atoms with Gasteiger partial charge in [-0.2, -0.15) is 0 Å². The Morgan fingerprint density at radius 1 is 1.35 bits per heavy atom. The highest BCUT2D eigenvalue weighted by atomic mass is 79.9. The molecule has 1 aromatic carbocycles. The fourth-order valence-electron chi connectivity index (χ4n) is 1.44. The van der Waals surface area contributed by atoms with Crippen molar-refractivity contribution in [3.05, 3.63) is 38.3 Å². The minimum Gasteiger partial charge on any atom is -0.493 e. The number of nitrogens with zero attached hydrogens (tertiary/aromatic N) is 3. The van der Waals surface area contributed by atoms with Crippen molar-refractivity contribution in [3.63, 3.8) is 0 Å². The van der Waals surface area contributed by atoms with Gasteiger partial charge < -0.3 is 14.2 Å². The van der Waals surface area contributed by atoms with Crippen LogP contribution >= 0.6 is 15.9 Å². The van der Waals surface area contributed by atoms with Gasteiger partial charge in [0.25, 0.3) is 0 Å². The molecule has 0 spiro atoms. The highest BCUT2D eigenvalue weighted by molar-refractivity contribution is 9.10. The van der Waals surface area contributed by atoms with Crippen molar-refractivity contribution in [2.24, 2.45) is 5.11 Å². The van der Waals surface area contributed by atoms with Crippen molar-refractivity contribution in [2.45, 2.75) is 0 Å². The van der Waals surface area contributed by atoms with E-state index in [1.807, 2.05) is 0 Å². The summed E-state index contributed by atoms with van der Waals surface area (Å²) in [7, 11) is 4.21. The van der Waals surface area contributed by atoms with Crippen molar-refractivity contribution >= 4 is 28.0 Å². The Labute approximate surface area is 123 Å². The zero-order valence-electron chi connectivity index (χ0n) is 11.1. The van der Waals surface area contributed by atoms with E-state index in [0.29, 0.717) is 21.5 Å². The number of methoxy groups -OCH3 is 3. The second-order valence-corrected chi connectivity index (χ2v) is 4.21. The summed E-state index contributed by atoms with van der Waals surface area (Å²) in [5.74, 6) is 0.260. The van der Waals surface area contributed by atoms with Gasteiger partial charge in [-0.1, -0.05) is 5.11 Å². The van der Waals surface area contributed by atoms with E-state index in [1.54, 1.807) is 12.1 Å². The lowest BCUT2D eigenvalue weighted by Crippen LogP contribution is -2.02. The third kappa shape index (κ3) is 3.43. The minimum absolute atomic E-state index is 0.164. The summed E-state index contributed by atoms with van der Waals surface area (Å²) in [4.78, 5) is 14.1. The SMILES string of the molecule is COC(=O)/C(=C/c1ccc(OC)c(OC)c1Br)N=[N+]=[N-]. The lowest BCUT2D eigenvalue weighted by Gasteiger charge is -2.11. The van der Waals surface area contributed by atoms with Crippen molar-refractivity contribution in [1.29, 1.82) is 0 Å². The molecule has 0 fully saturated rings. The molecule has 0 saturated heterocycles. The van der Waals surface area contributed by atoms with E-state index in [-0.39, 0.29) is 5.70 Å². The molecule has 0 N–H and O–H groups in total. The molecule has 0 bridgehead atoms. The molecule has 7 nitrogen and oxygen atoms in total. The van der Waals surface area contributed by atoms with Crippen molar-refractivity contribution < 1.29 is 19.0 Å². The molecule has 0 aliphatic heterocycles. The summed E-state index contributed by atoms with van der Waals surface area (Å²) in [6.07, 6.45) is 1.39. The van der Waals surface area contributed by atoms with Gasteiger partial charge >= 0.3 is 5.97 Å². The number of carbonyl (C=O) groups excluding carboxylic acids is 1. The van der Waals surface area contributed by atoms with Crippen LogP contribution < -0.4 is 9.47 Å². The standard InChI is InChI=1S/C12H12BrN3O4/c1-18-9-5-4-7(10(13)11(9)19-2)6-8(15-16-14)12(17)20-3/h4-6H,1-3H3/b8-6-. The van der Waals surface area contributed by atoms with Crippen LogP contribution in [0.1, 0.15) is 5.56 Å². The molecule has 1 rings (SSSR count). The van der Waals surface area contributed by atoms with E-state index in [2.05, 4.69) is 30.7 Å². The van der Waals surface area contributed by atoms with Gasteiger partial charge in [0.2, 0.25) is 0 Å². The van der Waals surface area contributed by atoms with Crippen LogP contribution in [-0.2, 0) is 9.53 Å². The van der Waals surface area contributed by atoms with Crippen LogP contribution in [-0.4, -0.2) is 27.3 Å². The second-order valence-electron chi connectivity index (χ2n) is 3.41. The van der Waals surface area contributed by atoms with Crippen molar-refractivity contribution in [1.82, 2.24) is 0 Å². The van der Waals surface area contributed by atoms with Gasteiger partial charge in [0.1, 0.15) is 5.70 Å². The first kappa shape index (κ1) is 15.9. The maximum atomic E-state index is 11.5. The van der Waals surface area contributed by atoms with Gasteiger partial charge in [0, 0.05) is 4.91 Å². The van der Waals surface area contributed by atoms with Crippen molar-refractivity contribution in [2.75, 3.05) is 21.3 Å². The first-order valence-corrected chi connectivity index (χ1v) is 6.13. The summed E-state index contributed by atoms with van der Waals surface area (Å²) in [5.41, 5.74) is 8.88. The first-order valence-electron chi connectivity index (χ1n) is 5.34. The molecule has 0 heterocycles. The Morgan fingerprint density at radius 3 is 2.55 bits per heavy atom. The summed E-state index contributed by atoms with van der Waals surface area (Å²) in [6, 6.07) is 3.35. The molecule has 0 atom stereocenters. The molecule has 0 amide bonds. The van der Waals surface area contributed by atoms with Gasteiger partial charge in [-0.3, -0.25) is 0 Å². The Morgan fingerprint density at radius 2 is 2.05 bits per heavy atom. The zero-order chi connectivity index (χ0) is 15.1. The van der Waals surface area contributed by atoms with Gasteiger partial charge in [0.05, 0.1) is 25.8 Å². The van der Waals surface area contributed by atoms with Crippen LogP contribution in [0, 0.1) is 0 Å². The first-order chi connectivity index (χ1) is 9.58. The monoisotopic (exact) mass is 341 g/mol. The zero-order valence-corrected chi connectivity index (χ0v) is 12.7. The fraction of sp³-hybridized carbons (Fsp3) is 0.250. The average Bonchev–Trinajstić information content (AvgIpc) is 2.47. The summed E-state index contributed by atoms with van der Waals surface area (Å²) in [6.45, 7) is 0. The predicted molar refractivity (Wildman–Crippen MR) is 76.4 cm³/mol. The third-order valence-corrected chi connectivity index (χ3v) is 3.17. The van der Waals surface area contributed by atoms with Crippen molar-refractivity contribution in [3.8, 4) is 11.5 Å². The molecule has 8 heteroatoms. The van der Waals surface area contributed by atoms with Crippen LogP contribution in [0.15, 0.2) is 27.4 Å². The second kappa shape index (κ2) is 7.42. The Balaban J connectivity index is 3.39. The number of rotatable bonds is 5. The average molecular weight is 342 g/mol.